The molecule has 2 N–H and O–H groups in total. The molecule has 0 atom stereocenters. The minimum atomic E-state index is 0.990. The molecule has 1 heterocycles. The Morgan fingerprint density at radius 2 is 2.13 bits per heavy atom. The summed E-state index contributed by atoms with van der Waals surface area (Å²) in [4.78, 5) is 1.47. The van der Waals surface area contributed by atoms with Crippen molar-refractivity contribution in [1.29, 1.82) is 0 Å². The van der Waals surface area contributed by atoms with Crippen molar-refractivity contribution in [3.05, 3.63) is 21.9 Å². The van der Waals surface area contributed by atoms with Gasteiger partial charge in [0.2, 0.25) is 0 Å². The van der Waals surface area contributed by atoms with Crippen LogP contribution in [0.3, 0.4) is 0 Å². The van der Waals surface area contributed by atoms with Gasteiger partial charge < -0.3 is 10.6 Å². The molecule has 1 aliphatic rings. The van der Waals surface area contributed by atoms with Gasteiger partial charge in [0.15, 0.2) is 0 Å². The number of thiophene rings is 1. The van der Waals surface area contributed by atoms with Gasteiger partial charge in [-0.15, -0.1) is 11.3 Å². The Morgan fingerprint density at radius 1 is 1.33 bits per heavy atom. The van der Waals surface area contributed by atoms with Crippen molar-refractivity contribution in [3.8, 4) is 0 Å². The maximum absolute atomic E-state index is 3.48. The summed E-state index contributed by atoms with van der Waals surface area (Å²) >= 11 is 1.85. The van der Waals surface area contributed by atoms with Gasteiger partial charge in [-0.1, -0.05) is 0 Å². The van der Waals surface area contributed by atoms with Gasteiger partial charge >= 0.3 is 0 Å². The molecular formula is C12H20N2S. The average molecular weight is 224 g/mol. The molecule has 1 fully saturated rings. The second-order valence-corrected chi connectivity index (χ2v) is 5.35. The molecule has 0 aliphatic heterocycles. The molecule has 1 aromatic heterocycles. The van der Waals surface area contributed by atoms with Crippen LogP contribution in [0.15, 0.2) is 11.4 Å². The van der Waals surface area contributed by atoms with Gasteiger partial charge in [-0.25, -0.2) is 0 Å². The molecule has 0 spiro atoms. The van der Waals surface area contributed by atoms with Gasteiger partial charge in [0.05, 0.1) is 0 Å². The maximum atomic E-state index is 3.48. The molecule has 2 rings (SSSR count). The lowest BCUT2D eigenvalue weighted by atomic mass is 10.3. The molecule has 0 amide bonds. The summed E-state index contributed by atoms with van der Waals surface area (Å²) in [5.41, 5.74) is 1.42. The van der Waals surface area contributed by atoms with E-state index in [0.717, 1.165) is 25.6 Å². The zero-order valence-corrected chi connectivity index (χ0v) is 10.2. The highest BCUT2D eigenvalue weighted by Gasteiger charge is 2.19. The second-order valence-electron chi connectivity index (χ2n) is 4.35. The van der Waals surface area contributed by atoms with Crippen molar-refractivity contribution in [3.63, 3.8) is 0 Å². The van der Waals surface area contributed by atoms with Crippen LogP contribution in [0.1, 0.15) is 23.3 Å². The summed E-state index contributed by atoms with van der Waals surface area (Å²) in [6.07, 6.45) is 2.88. The highest BCUT2D eigenvalue weighted by atomic mass is 32.1. The third kappa shape index (κ3) is 3.93. The van der Waals surface area contributed by atoms with Crippen LogP contribution >= 0.6 is 11.3 Å². The Balaban J connectivity index is 1.49. The Hall–Kier alpha value is -0.380. The first kappa shape index (κ1) is 11.1. The molecule has 1 aromatic rings. The van der Waals surface area contributed by atoms with Crippen molar-refractivity contribution < 1.29 is 0 Å². The van der Waals surface area contributed by atoms with E-state index in [9.17, 15) is 0 Å². The first-order chi connectivity index (χ1) is 7.36. The molecule has 0 saturated heterocycles. The number of hydrogen-bond acceptors (Lipinski definition) is 3. The van der Waals surface area contributed by atoms with Gasteiger partial charge in [0.25, 0.3) is 0 Å². The molecular weight excluding hydrogens is 204 g/mol. The van der Waals surface area contributed by atoms with Crippen molar-refractivity contribution in [2.24, 2.45) is 5.92 Å². The molecule has 1 aliphatic carbocycles. The van der Waals surface area contributed by atoms with E-state index in [4.69, 9.17) is 0 Å². The summed E-state index contributed by atoms with van der Waals surface area (Å²) in [6, 6.07) is 2.19. The van der Waals surface area contributed by atoms with Crippen molar-refractivity contribution >= 4 is 11.3 Å². The van der Waals surface area contributed by atoms with E-state index < -0.39 is 0 Å². The fourth-order valence-corrected chi connectivity index (χ4v) is 2.47. The monoisotopic (exact) mass is 224 g/mol. The second kappa shape index (κ2) is 5.64. The standard InChI is InChI=1S/C12H20N2S/c1-10-4-7-15-12(10)9-14-6-5-13-8-11-2-3-11/h4,7,11,13-14H,2-3,5-6,8-9H2,1H3. The number of aryl methyl sites for hydroxylation is 1. The first-order valence-corrected chi connectivity index (χ1v) is 6.68. The molecule has 0 aromatic carbocycles. The normalized spacial score (nSPS) is 15.8. The van der Waals surface area contributed by atoms with Crippen LogP contribution in [0.2, 0.25) is 0 Å². The maximum Gasteiger partial charge on any atom is 0.0302 e. The van der Waals surface area contributed by atoms with Gasteiger partial charge in [0, 0.05) is 24.5 Å². The molecule has 0 unspecified atom stereocenters. The molecule has 84 valence electrons. The first-order valence-electron chi connectivity index (χ1n) is 5.80. The third-order valence-electron chi connectivity index (χ3n) is 2.86. The largest absolute Gasteiger partial charge is 0.315 e. The van der Waals surface area contributed by atoms with Gasteiger partial charge in [0.1, 0.15) is 0 Å². The van der Waals surface area contributed by atoms with E-state index in [1.54, 1.807) is 0 Å². The molecule has 1 saturated carbocycles. The van der Waals surface area contributed by atoms with E-state index in [1.807, 2.05) is 11.3 Å². The van der Waals surface area contributed by atoms with E-state index in [1.165, 1.54) is 29.8 Å². The highest BCUT2D eigenvalue weighted by Crippen LogP contribution is 2.27. The smallest absolute Gasteiger partial charge is 0.0302 e. The summed E-state index contributed by atoms with van der Waals surface area (Å²) in [6.45, 7) is 6.60. The average Bonchev–Trinajstić information content (AvgIpc) is 2.96. The summed E-state index contributed by atoms with van der Waals surface area (Å²) in [7, 11) is 0. The lowest BCUT2D eigenvalue weighted by molar-refractivity contribution is 0.591. The van der Waals surface area contributed by atoms with Crippen LogP contribution in [-0.2, 0) is 6.54 Å². The Morgan fingerprint density at radius 3 is 2.80 bits per heavy atom. The van der Waals surface area contributed by atoms with Crippen LogP contribution in [0.5, 0.6) is 0 Å². The zero-order valence-electron chi connectivity index (χ0n) is 9.38. The van der Waals surface area contributed by atoms with Crippen LogP contribution in [0.4, 0.5) is 0 Å². The predicted molar refractivity (Wildman–Crippen MR) is 66.4 cm³/mol. The van der Waals surface area contributed by atoms with Crippen LogP contribution in [0, 0.1) is 12.8 Å². The van der Waals surface area contributed by atoms with Gasteiger partial charge in [-0.3, -0.25) is 0 Å². The van der Waals surface area contributed by atoms with E-state index >= 15 is 0 Å². The van der Waals surface area contributed by atoms with Crippen molar-refractivity contribution in [2.45, 2.75) is 26.3 Å². The van der Waals surface area contributed by atoms with E-state index in [0.29, 0.717) is 0 Å². The number of hydrogen-bond donors (Lipinski definition) is 2. The van der Waals surface area contributed by atoms with Crippen molar-refractivity contribution in [1.82, 2.24) is 10.6 Å². The van der Waals surface area contributed by atoms with E-state index in [-0.39, 0.29) is 0 Å². The quantitative estimate of drug-likeness (QED) is 0.693. The molecule has 15 heavy (non-hydrogen) atoms. The lowest BCUT2D eigenvalue weighted by Crippen LogP contribution is -2.28. The number of nitrogens with one attached hydrogen (secondary N) is 2. The topological polar surface area (TPSA) is 24.1 Å². The predicted octanol–water partition coefficient (Wildman–Crippen LogP) is 2.15. The minimum Gasteiger partial charge on any atom is -0.315 e. The van der Waals surface area contributed by atoms with Crippen LogP contribution in [0.25, 0.3) is 0 Å². The van der Waals surface area contributed by atoms with Crippen LogP contribution < -0.4 is 10.6 Å². The van der Waals surface area contributed by atoms with Gasteiger partial charge in [-0.2, -0.15) is 0 Å². The summed E-state index contributed by atoms with van der Waals surface area (Å²) < 4.78 is 0. The molecule has 3 heteroatoms. The highest BCUT2D eigenvalue weighted by molar-refractivity contribution is 7.10. The van der Waals surface area contributed by atoms with Crippen molar-refractivity contribution in [2.75, 3.05) is 19.6 Å². The van der Waals surface area contributed by atoms with Crippen LogP contribution in [-0.4, -0.2) is 19.6 Å². The lowest BCUT2D eigenvalue weighted by Gasteiger charge is -2.05. The molecule has 2 nitrogen and oxygen atoms in total. The zero-order chi connectivity index (χ0) is 10.5. The molecule has 0 radical (unpaired) electrons. The Kier molecular flexibility index (Phi) is 4.18. The molecule has 0 bridgehead atoms. The number of rotatable bonds is 7. The summed E-state index contributed by atoms with van der Waals surface area (Å²) in [5, 5.41) is 9.12. The van der Waals surface area contributed by atoms with Gasteiger partial charge in [-0.05, 0) is 49.2 Å². The minimum absolute atomic E-state index is 0.990. The summed E-state index contributed by atoms with van der Waals surface area (Å²) in [5.74, 6) is 0.990. The Labute approximate surface area is 96.1 Å². The third-order valence-corrected chi connectivity index (χ3v) is 3.89. The Bertz CT molecular complexity index is 292. The fourth-order valence-electron chi connectivity index (χ4n) is 1.59. The fraction of sp³-hybridized carbons (Fsp3) is 0.667. The SMILES string of the molecule is Cc1ccsc1CNCCNCC1CC1. The van der Waals surface area contributed by atoms with E-state index in [2.05, 4.69) is 29.0 Å².